The summed E-state index contributed by atoms with van der Waals surface area (Å²) >= 11 is 0. The highest BCUT2D eigenvalue weighted by atomic mass is 16.5. The summed E-state index contributed by atoms with van der Waals surface area (Å²) in [5, 5.41) is 2.52. The van der Waals surface area contributed by atoms with Crippen molar-refractivity contribution in [2.24, 2.45) is 5.73 Å². The van der Waals surface area contributed by atoms with Gasteiger partial charge in [-0.2, -0.15) is 0 Å². The average molecular weight is 234 g/mol. The number of ether oxygens (including phenoxy) is 1. The lowest BCUT2D eigenvalue weighted by molar-refractivity contribution is -0.122. The van der Waals surface area contributed by atoms with Crippen LogP contribution < -0.4 is 15.8 Å². The number of nitrogens with two attached hydrogens (primary N) is 1. The topological polar surface area (TPSA) is 64.3 Å². The summed E-state index contributed by atoms with van der Waals surface area (Å²) in [7, 11) is 1.59. The molecule has 1 atom stereocenters. The van der Waals surface area contributed by atoms with Crippen LogP contribution in [0.5, 0.6) is 5.75 Å². The van der Waals surface area contributed by atoms with Crippen molar-refractivity contribution in [1.82, 2.24) is 5.32 Å². The molecular weight excluding hydrogens is 216 g/mol. The van der Waals surface area contributed by atoms with Gasteiger partial charge >= 0.3 is 0 Å². The number of carbonyl (C=O) groups is 1. The monoisotopic (exact) mass is 234 g/mol. The molecule has 1 aromatic rings. The molecule has 0 fully saturated rings. The molecule has 2 rings (SSSR count). The molecule has 0 spiro atoms. The standard InChI is InChI=1S/C13H18N2O2/c1-15-13(16)8-17-10-6-5-9-3-2-4-12(14)11(9)7-10/h5-7,12H,2-4,8,14H2,1H3,(H,15,16)/t12-/m1/s1. The van der Waals surface area contributed by atoms with Crippen LogP contribution in [0.2, 0.25) is 0 Å². The number of carbonyl (C=O) groups excluding carboxylic acids is 1. The molecule has 0 unspecified atom stereocenters. The van der Waals surface area contributed by atoms with E-state index in [-0.39, 0.29) is 18.6 Å². The minimum Gasteiger partial charge on any atom is -0.484 e. The zero-order valence-electron chi connectivity index (χ0n) is 10.0. The summed E-state index contributed by atoms with van der Waals surface area (Å²) in [6.45, 7) is 0.0462. The van der Waals surface area contributed by atoms with Gasteiger partial charge in [-0.1, -0.05) is 6.07 Å². The molecule has 0 aliphatic heterocycles. The van der Waals surface area contributed by atoms with Crippen LogP contribution in [0.3, 0.4) is 0 Å². The third-order valence-corrected chi connectivity index (χ3v) is 3.13. The van der Waals surface area contributed by atoms with Crippen LogP contribution in [0.1, 0.15) is 30.0 Å². The minimum atomic E-state index is -0.132. The fourth-order valence-electron chi connectivity index (χ4n) is 2.12. The van der Waals surface area contributed by atoms with Gasteiger partial charge in [0.15, 0.2) is 6.61 Å². The van der Waals surface area contributed by atoms with E-state index < -0.39 is 0 Å². The Hall–Kier alpha value is -1.55. The quantitative estimate of drug-likeness (QED) is 0.824. The van der Waals surface area contributed by atoms with E-state index in [1.165, 1.54) is 5.56 Å². The lowest BCUT2D eigenvalue weighted by Crippen LogP contribution is -2.25. The van der Waals surface area contributed by atoms with Gasteiger partial charge in [-0.3, -0.25) is 4.79 Å². The van der Waals surface area contributed by atoms with Crippen molar-refractivity contribution in [3.63, 3.8) is 0 Å². The van der Waals surface area contributed by atoms with E-state index in [0.29, 0.717) is 5.75 Å². The third kappa shape index (κ3) is 2.77. The van der Waals surface area contributed by atoms with Gasteiger partial charge in [-0.05, 0) is 42.5 Å². The molecule has 0 saturated carbocycles. The molecule has 0 heterocycles. The fraction of sp³-hybridized carbons (Fsp3) is 0.462. The van der Waals surface area contributed by atoms with Gasteiger partial charge in [0.2, 0.25) is 0 Å². The Bertz CT molecular complexity index is 418. The largest absolute Gasteiger partial charge is 0.484 e. The predicted octanol–water partition coefficient (Wildman–Crippen LogP) is 1.15. The second kappa shape index (κ2) is 5.19. The van der Waals surface area contributed by atoms with Crippen LogP contribution in [-0.2, 0) is 11.2 Å². The number of aryl methyl sites for hydroxylation is 1. The summed E-state index contributed by atoms with van der Waals surface area (Å²) in [4.78, 5) is 11.1. The van der Waals surface area contributed by atoms with Gasteiger partial charge in [0, 0.05) is 13.1 Å². The van der Waals surface area contributed by atoms with Crippen LogP contribution in [0.25, 0.3) is 0 Å². The summed E-state index contributed by atoms with van der Waals surface area (Å²) < 4.78 is 5.41. The maximum Gasteiger partial charge on any atom is 0.257 e. The van der Waals surface area contributed by atoms with Crippen LogP contribution >= 0.6 is 0 Å². The van der Waals surface area contributed by atoms with Gasteiger partial charge in [-0.15, -0.1) is 0 Å². The van der Waals surface area contributed by atoms with Crippen molar-refractivity contribution in [3.05, 3.63) is 29.3 Å². The maximum atomic E-state index is 11.1. The van der Waals surface area contributed by atoms with E-state index in [4.69, 9.17) is 10.5 Å². The number of amides is 1. The van der Waals surface area contributed by atoms with Crippen LogP contribution in [-0.4, -0.2) is 19.6 Å². The van der Waals surface area contributed by atoms with Crippen LogP contribution in [0.15, 0.2) is 18.2 Å². The number of nitrogens with one attached hydrogen (secondary N) is 1. The van der Waals surface area contributed by atoms with Crippen molar-refractivity contribution in [2.45, 2.75) is 25.3 Å². The first-order valence-corrected chi connectivity index (χ1v) is 5.92. The van der Waals surface area contributed by atoms with Crippen molar-refractivity contribution in [1.29, 1.82) is 0 Å². The second-order valence-electron chi connectivity index (χ2n) is 4.32. The van der Waals surface area contributed by atoms with E-state index in [9.17, 15) is 4.79 Å². The normalized spacial score (nSPS) is 18.4. The molecular formula is C13H18N2O2. The Morgan fingerprint density at radius 2 is 2.41 bits per heavy atom. The zero-order valence-corrected chi connectivity index (χ0v) is 10.0. The molecule has 0 aromatic heterocycles. The minimum absolute atomic E-state index is 0.0462. The Labute approximate surface area is 101 Å². The molecule has 4 nitrogen and oxygen atoms in total. The average Bonchev–Trinajstić information content (AvgIpc) is 2.36. The highest BCUT2D eigenvalue weighted by molar-refractivity contribution is 5.77. The second-order valence-corrected chi connectivity index (χ2v) is 4.32. The summed E-state index contributed by atoms with van der Waals surface area (Å²) in [5.74, 6) is 0.580. The maximum absolute atomic E-state index is 11.1. The van der Waals surface area contributed by atoms with E-state index >= 15 is 0 Å². The van der Waals surface area contributed by atoms with E-state index in [0.717, 1.165) is 24.8 Å². The lowest BCUT2D eigenvalue weighted by atomic mass is 9.88. The highest BCUT2D eigenvalue weighted by Gasteiger charge is 2.17. The molecule has 1 aromatic carbocycles. The first-order chi connectivity index (χ1) is 8.20. The first-order valence-electron chi connectivity index (χ1n) is 5.92. The molecule has 1 aliphatic rings. The number of likely N-dealkylation sites (N-methyl/N-ethyl adjacent to an activating group) is 1. The lowest BCUT2D eigenvalue weighted by Gasteiger charge is -2.22. The molecule has 17 heavy (non-hydrogen) atoms. The fourth-order valence-corrected chi connectivity index (χ4v) is 2.12. The SMILES string of the molecule is CNC(=O)COc1ccc2c(c1)[C@H](N)CCC2. The molecule has 0 radical (unpaired) electrons. The smallest absolute Gasteiger partial charge is 0.257 e. The van der Waals surface area contributed by atoms with Crippen molar-refractivity contribution in [2.75, 3.05) is 13.7 Å². The number of rotatable bonds is 3. The van der Waals surface area contributed by atoms with Gasteiger partial charge in [-0.25, -0.2) is 0 Å². The number of fused-ring (bicyclic) bond motifs is 1. The predicted molar refractivity (Wildman–Crippen MR) is 65.9 cm³/mol. The Morgan fingerprint density at radius 1 is 1.59 bits per heavy atom. The Kier molecular flexibility index (Phi) is 3.64. The Balaban J connectivity index is 2.10. The number of benzene rings is 1. The zero-order chi connectivity index (χ0) is 12.3. The first kappa shape index (κ1) is 11.9. The number of hydrogen-bond donors (Lipinski definition) is 2. The summed E-state index contributed by atoms with van der Waals surface area (Å²) in [5.41, 5.74) is 8.52. The van der Waals surface area contributed by atoms with Gasteiger partial charge in [0.25, 0.3) is 5.91 Å². The number of hydrogen-bond acceptors (Lipinski definition) is 3. The van der Waals surface area contributed by atoms with Crippen molar-refractivity contribution >= 4 is 5.91 Å². The van der Waals surface area contributed by atoms with Crippen LogP contribution in [0.4, 0.5) is 0 Å². The molecule has 92 valence electrons. The van der Waals surface area contributed by atoms with Crippen molar-refractivity contribution < 1.29 is 9.53 Å². The van der Waals surface area contributed by atoms with Gasteiger partial charge in [0.05, 0.1) is 0 Å². The molecule has 0 saturated heterocycles. The van der Waals surface area contributed by atoms with E-state index in [2.05, 4.69) is 5.32 Å². The van der Waals surface area contributed by atoms with E-state index in [1.54, 1.807) is 7.05 Å². The highest BCUT2D eigenvalue weighted by Crippen LogP contribution is 2.30. The molecule has 1 amide bonds. The Morgan fingerprint density at radius 3 is 3.18 bits per heavy atom. The summed E-state index contributed by atoms with van der Waals surface area (Å²) in [6, 6.07) is 6.01. The molecule has 0 bridgehead atoms. The van der Waals surface area contributed by atoms with Crippen molar-refractivity contribution in [3.8, 4) is 5.75 Å². The summed E-state index contributed by atoms with van der Waals surface area (Å²) in [6.07, 6.45) is 3.25. The molecule has 1 aliphatic carbocycles. The molecule has 4 heteroatoms. The van der Waals surface area contributed by atoms with Gasteiger partial charge in [0.1, 0.15) is 5.75 Å². The van der Waals surface area contributed by atoms with Gasteiger partial charge < -0.3 is 15.8 Å². The third-order valence-electron chi connectivity index (χ3n) is 3.13. The van der Waals surface area contributed by atoms with Crippen LogP contribution in [0, 0.1) is 0 Å². The molecule has 3 N–H and O–H groups in total. The van der Waals surface area contributed by atoms with E-state index in [1.807, 2.05) is 18.2 Å².